The van der Waals surface area contributed by atoms with E-state index in [-0.39, 0.29) is 18.9 Å². The predicted octanol–water partition coefficient (Wildman–Crippen LogP) is 0.809. The lowest BCUT2D eigenvalue weighted by Crippen LogP contribution is -2.46. The van der Waals surface area contributed by atoms with Gasteiger partial charge in [0.25, 0.3) is 0 Å². The van der Waals surface area contributed by atoms with Gasteiger partial charge in [0, 0.05) is 13.0 Å². The first kappa shape index (κ1) is 15.4. The molecule has 0 aliphatic carbocycles. The van der Waals surface area contributed by atoms with Crippen LogP contribution in [0.4, 0.5) is 0 Å². The average molecular weight is 245 g/mol. The van der Waals surface area contributed by atoms with Crippen LogP contribution in [0.15, 0.2) is 0 Å². The largest absolute Gasteiger partial charge is 0.481 e. The molecule has 2 N–H and O–H groups in total. The highest BCUT2D eigenvalue weighted by Crippen LogP contribution is 2.09. The van der Waals surface area contributed by atoms with Crippen LogP contribution < -0.4 is 0 Å². The van der Waals surface area contributed by atoms with E-state index in [9.17, 15) is 14.4 Å². The molecule has 0 heterocycles. The van der Waals surface area contributed by atoms with Crippen LogP contribution in [0, 0.1) is 5.92 Å². The molecular formula is C11H19NO5. The average Bonchev–Trinajstić information content (AvgIpc) is 2.24. The molecule has 0 rings (SSSR count). The second-order valence-corrected chi connectivity index (χ2v) is 4.05. The maximum atomic E-state index is 11.7. The van der Waals surface area contributed by atoms with Crippen LogP contribution in [0.1, 0.15) is 33.6 Å². The quantitative estimate of drug-likeness (QED) is 0.692. The smallest absolute Gasteiger partial charge is 0.326 e. The zero-order chi connectivity index (χ0) is 13.6. The molecular weight excluding hydrogens is 226 g/mol. The molecule has 0 aliphatic rings. The van der Waals surface area contributed by atoms with Crippen molar-refractivity contribution in [3.05, 3.63) is 0 Å². The van der Waals surface area contributed by atoms with Gasteiger partial charge in [-0.1, -0.05) is 13.8 Å². The van der Waals surface area contributed by atoms with Crippen molar-refractivity contribution in [1.82, 2.24) is 4.90 Å². The molecule has 0 saturated heterocycles. The van der Waals surface area contributed by atoms with Crippen molar-refractivity contribution in [3.8, 4) is 0 Å². The second kappa shape index (κ2) is 6.88. The lowest BCUT2D eigenvalue weighted by molar-refractivity contribution is -0.152. The van der Waals surface area contributed by atoms with Crippen LogP contribution in [-0.2, 0) is 14.4 Å². The van der Waals surface area contributed by atoms with E-state index in [4.69, 9.17) is 10.2 Å². The second-order valence-electron chi connectivity index (χ2n) is 4.05. The number of carboxylic acids is 2. The number of hydrogen-bond donors (Lipinski definition) is 2. The van der Waals surface area contributed by atoms with Gasteiger partial charge in [-0.2, -0.15) is 0 Å². The fraction of sp³-hybridized carbons (Fsp3) is 0.727. The summed E-state index contributed by atoms with van der Waals surface area (Å²) in [6.45, 7) is 4.55. The van der Waals surface area contributed by atoms with Gasteiger partial charge < -0.3 is 15.1 Å². The molecule has 6 nitrogen and oxygen atoms in total. The zero-order valence-corrected chi connectivity index (χ0v) is 10.3. The summed E-state index contributed by atoms with van der Waals surface area (Å²) in [5.74, 6) is -3.28. The number of carbonyl (C=O) groups is 3. The Morgan fingerprint density at radius 3 is 2.00 bits per heavy atom. The zero-order valence-electron chi connectivity index (χ0n) is 10.3. The lowest BCUT2D eigenvalue weighted by atomic mass is 10.1. The molecule has 0 fully saturated rings. The maximum Gasteiger partial charge on any atom is 0.326 e. The Morgan fingerprint density at radius 1 is 1.12 bits per heavy atom. The molecule has 98 valence electrons. The molecule has 0 aromatic carbocycles. The van der Waals surface area contributed by atoms with E-state index in [2.05, 4.69) is 0 Å². The summed E-state index contributed by atoms with van der Waals surface area (Å²) < 4.78 is 0. The molecule has 6 heteroatoms. The van der Waals surface area contributed by atoms with Crippen molar-refractivity contribution in [2.45, 2.75) is 39.7 Å². The minimum absolute atomic E-state index is 0.0817. The number of amides is 1. The number of rotatable bonds is 7. The Hall–Kier alpha value is -1.59. The van der Waals surface area contributed by atoms with Crippen molar-refractivity contribution in [2.75, 3.05) is 6.54 Å². The SMILES string of the molecule is CCCC(=O)N(CC(C)C(=O)O)C(C)C(=O)O. The number of aliphatic carboxylic acids is 2. The third-order valence-electron chi connectivity index (χ3n) is 2.50. The first-order valence-corrected chi connectivity index (χ1v) is 5.56. The van der Waals surface area contributed by atoms with Crippen LogP contribution in [0.3, 0.4) is 0 Å². The molecule has 0 aliphatic heterocycles. The van der Waals surface area contributed by atoms with Crippen molar-refractivity contribution in [2.24, 2.45) is 5.92 Å². The van der Waals surface area contributed by atoms with Gasteiger partial charge in [-0.15, -0.1) is 0 Å². The Morgan fingerprint density at radius 2 is 1.65 bits per heavy atom. The number of nitrogens with zero attached hydrogens (tertiary/aromatic N) is 1. The Balaban J connectivity index is 4.78. The lowest BCUT2D eigenvalue weighted by Gasteiger charge is -2.28. The van der Waals surface area contributed by atoms with Gasteiger partial charge >= 0.3 is 11.9 Å². The first-order valence-electron chi connectivity index (χ1n) is 5.56. The third-order valence-corrected chi connectivity index (χ3v) is 2.50. The minimum Gasteiger partial charge on any atom is -0.481 e. The van der Waals surface area contributed by atoms with Crippen LogP contribution in [0.25, 0.3) is 0 Å². The highest BCUT2D eigenvalue weighted by molar-refractivity contribution is 5.84. The number of carbonyl (C=O) groups excluding carboxylic acids is 1. The van der Waals surface area contributed by atoms with E-state index >= 15 is 0 Å². The van der Waals surface area contributed by atoms with E-state index in [1.54, 1.807) is 0 Å². The standard InChI is InChI=1S/C11H19NO5/c1-4-5-9(13)12(8(3)11(16)17)6-7(2)10(14)15/h7-8H,4-6H2,1-3H3,(H,14,15)(H,16,17). The van der Waals surface area contributed by atoms with E-state index < -0.39 is 23.9 Å². The van der Waals surface area contributed by atoms with Crippen LogP contribution in [-0.4, -0.2) is 45.5 Å². The molecule has 2 unspecified atom stereocenters. The topological polar surface area (TPSA) is 94.9 Å². The van der Waals surface area contributed by atoms with Crippen LogP contribution in [0.2, 0.25) is 0 Å². The molecule has 0 saturated carbocycles. The maximum absolute atomic E-state index is 11.7. The summed E-state index contributed by atoms with van der Waals surface area (Å²) in [4.78, 5) is 34.4. The van der Waals surface area contributed by atoms with E-state index in [1.807, 2.05) is 6.92 Å². The molecule has 2 atom stereocenters. The van der Waals surface area contributed by atoms with Crippen molar-refractivity contribution >= 4 is 17.8 Å². The van der Waals surface area contributed by atoms with Gasteiger partial charge in [0.05, 0.1) is 5.92 Å². The highest BCUT2D eigenvalue weighted by Gasteiger charge is 2.28. The minimum atomic E-state index is -1.13. The summed E-state index contributed by atoms with van der Waals surface area (Å²) >= 11 is 0. The van der Waals surface area contributed by atoms with E-state index in [0.717, 1.165) is 4.90 Å². The molecule has 0 bridgehead atoms. The fourth-order valence-electron chi connectivity index (χ4n) is 1.34. The van der Waals surface area contributed by atoms with Crippen LogP contribution in [0.5, 0.6) is 0 Å². The van der Waals surface area contributed by atoms with E-state index in [1.165, 1.54) is 13.8 Å². The van der Waals surface area contributed by atoms with Gasteiger partial charge in [0.15, 0.2) is 0 Å². The Kier molecular flexibility index (Phi) is 6.23. The summed E-state index contributed by atoms with van der Waals surface area (Å²) in [7, 11) is 0. The molecule has 17 heavy (non-hydrogen) atoms. The highest BCUT2D eigenvalue weighted by atomic mass is 16.4. The van der Waals surface area contributed by atoms with Gasteiger partial charge in [0.1, 0.15) is 6.04 Å². The van der Waals surface area contributed by atoms with Crippen LogP contribution >= 0.6 is 0 Å². The van der Waals surface area contributed by atoms with Gasteiger partial charge in [0.2, 0.25) is 5.91 Å². The summed E-state index contributed by atoms with van der Waals surface area (Å²) in [5, 5.41) is 17.7. The first-order chi connectivity index (χ1) is 7.81. The van der Waals surface area contributed by atoms with Crippen molar-refractivity contribution < 1.29 is 24.6 Å². The van der Waals surface area contributed by atoms with Gasteiger partial charge in [-0.05, 0) is 13.3 Å². The predicted molar refractivity (Wildman–Crippen MR) is 60.5 cm³/mol. The van der Waals surface area contributed by atoms with Gasteiger partial charge in [-0.25, -0.2) is 4.79 Å². The summed E-state index contributed by atoms with van der Waals surface area (Å²) in [6, 6.07) is -1.00. The molecule has 0 aromatic rings. The number of carboxylic acid groups (broad SMARTS) is 2. The van der Waals surface area contributed by atoms with Crippen molar-refractivity contribution in [3.63, 3.8) is 0 Å². The van der Waals surface area contributed by atoms with Crippen molar-refractivity contribution in [1.29, 1.82) is 0 Å². The molecule has 0 aromatic heterocycles. The number of hydrogen-bond acceptors (Lipinski definition) is 3. The molecule has 0 radical (unpaired) electrons. The summed E-state index contributed by atoms with van der Waals surface area (Å²) in [5.41, 5.74) is 0. The Bertz CT molecular complexity index is 302. The van der Waals surface area contributed by atoms with Gasteiger partial charge in [-0.3, -0.25) is 9.59 Å². The van der Waals surface area contributed by atoms with E-state index in [0.29, 0.717) is 6.42 Å². The monoisotopic (exact) mass is 245 g/mol. The third kappa shape index (κ3) is 4.84. The fourth-order valence-corrected chi connectivity index (χ4v) is 1.34. The molecule has 0 spiro atoms. The molecule has 1 amide bonds. The summed E-state index contributed by atoms with van der Waals surface area (Å²) in [6.07, 6.45) is 0.826. The Labute approximate surface area is 100 Å². The normalized spacial score (nSPS) is 13.8.